The van der Waals surface area contributed by atoms with E-state index >= 15 is 0 Å². The van der Waals surface area contributed by atoms with Crippen molar-refractivity contribution in [3.63, 3.8) is 0 Å². The monoisotopic (exact) mass is 482 g/mol. The lowest BCUT2D eigenvalue weighted by Gasteiger charge is -2.16. The predicted molar refractivity (Wildman–Crippen MR) is 117 cm³/mol. The van der Waals surface area contributed by atoms with Crippen LogP contribution in [-0.2, 0) is 36.5 Å². The number of esters is 1. The number of hydrogen-bond donors (Lipinski definition) is 2. The summed E-state index contributed by atoms with van der Waals surface area (Å²) >= 11 is 0. The van der Waals surface area contributed by atoms with E-state index in [-0.39, 0.29) is 30.7 Å². The Morgan fingerprint density at radius 3 is 2.18 bits per heavy atom. The molecule has 33 heavy (non-hydrogen) atoms. The lowest BCUT2D eigenvalue weighted by molar-refractivity contribution is -0.154. The van der Waals surface area contributed by atoms with Crippen LogP contribution >= 0.6 is 0 Å². The van der Waals surface area contributed by atoms with Gasteiger partial charge in [-0.1, -0.05) is 24.3 Å². The molecule has 0 bridgehead atoms. The first-order chi connectivity index (χ1) is 15.7. The number of hydrogen-bond acceptors (Lipinski definition) is 10. The summed E-state index contributed by atoms with van der Waals surface area (Å²) in [5.74, 6) is -1.05. The Bertz CT molecular complexity index is 1060. The fourth-order valence-electron chi connectivity index (χ4n) is 2.77. The van der Waals surface area contributed by atoms with Crippen molar-refractivity contribution in [3.05, 3.63) is 41.5 Å². The second-order valence-electron chi connectivity index (χ2n) is 6.54. The fourth-order valence-corrected chi connectivity index (χ4v) is 3.87. The third-order valence-corrected chi connectivity index (χ3v) is 5.46. The third-order valence-electron chi connectivity index (χ3n) is 4.27. The average molecular weight is 483 g/mol. The van der Waals surface area contributed by atoms with E-state index in [2.05, 4.69) is 15.3 Å². The molecule has 12 nitrogen and oxygen atoms in total. The van der Waals surface area contributed by atoms with Gasteiger partial charge >= 0.3 is 12.0 Å². The number of ether oxygens (including phenoxy) is 4. The number of nitrogens with one attached hydrogen (secondary N) is 2. The highest BCUT2D eigenvalue weighted by molar-refractivity contribution is 7.89. The molecule has 2 aromatic rings. The molecule has 2 rings (SSSR count). The number of rotatable bonds is 11. The van der Waals surface area contributed by atoms with Crippen molar-refractivity contribution in [2.24, 2.45) is 0 Å². The van der Waals surface area contributed by atoms with Gasteiger partial charge in [-0.3, -0.25) is 5.32 Å². The topological polar surface area (TPSA) is 155 Å². The van der Waals surface area contributed by atoms with Gasteiger partial charge in [0.25, 0.3) is 0 Å². The van der Waals surface area contributed by atoms with Gasteiger partial charge in [0.05, 0.1) is 32.6 Å². The number of urea groups is 1. The van der Waals surface area contributed by atoms with Crippen LogP contribution in [0.2, 0.25) is 0 Å². The standard InChI is InChI=1S/C20H26N4O8S/c1-5-32-18(25)15(29-2)10-13-8-6-7-9-14(13)12-33(27,28)24-20(26)23-19-21-16(30-3)11-17(22-19)31-4/h6-9,11,15H,5,10,12H2,1-4H3,(H2,21,22,23,24,26). The normalized spacial score (nSPS) is 11.9. The third kappa shape index (κ3) is 7.88. The van der Waals surface area contributed by atoms with Gasteiger partial charge in [0.1, 0.15) is 0 Å². The summed E-state index contributed by atoms with van der Waals surface area (Å²) in [5.41, 5.74) is 0.951. The number of anilines is 1. The molecule has 13 heteroatoms. The highest BCUT2D eigenvalue weighted by Crippen LogP contribution is 2.18. The molecule has 2 amide bonds. The first kappa shape index (κ1) is 25.8. The van der Waals surface area contributed by atoms with Crippen LogP contribution in [0.5, 0.6) is 11.8 Å². The smallest absolute Gasteiger partial charge is 0.335 e. The van der Waals surface area contributed by atoms with Crippen LogP contribution in [0.15, 0.2) is 30.3 Å². The fraction of sp³-hybridized carbons (Fsp3) is 0.400. The summed E-state index contributed by atoms with van der Waals surface area (Å²) in [6.07, 6.45) is -0.796. The van der Waals surface area contributed by atoms with Crippen LogP contribution in [0.3, 0.4) is 0 Å². The van der Waals surface area contributed by atoms with Gasteiger partial charge in [0.15, 0.2) is 6.10 Å². The van der Waals surface area contributed by atoms with Crippen molar-refractivity contribution in [2.45, 2.75) is 25.2 Å². The first-order valence-electron chi connectivity index (χ1n) is 9.76. The molecular weight excluding hydrogens is 456 g/mol. The van der Waals surface area contributed by atoms with Gasteiger partial charge in [-0.25, -0.2) is 22.7 Å². The van der Waals surface area contributed by atoms with Crippen LogP contribution in [-0.4, -0.2) is 64.4 Å². The van der Waals surface area contributed by atoms with E-state index in [1.807, 2.05) is 4.72 Å². The Labute approximate surface area is 191 Å². The molecule has 0 saturated carbocycles. The molecule has 2 N–H and O–H groups in total. The minimum absolute atomic E-state index is 0.102. The number of amides is 2. The molecule has 1 aromatic carbocycles. The zero-order valence-electron chi connectivity index (χ0n) is 18.7. The SMILES string of the molecule is CCOC(=O)C(Cc1ccccc1CS(=O)(=O)NC(=O)Nc1nc(OC)cc(OC)n1)OC. The number of benzene rings is 1. The molecule has 0 aliphatic heterocycles. The Balaban J connectivity index is 2.12. The summed E-state index contributed by atoms with van der Waals surface area (Å²) in [6, 6.07) is 6.94. The lowest BCUT2D eigenvalue weighted by atomic mass is 10.0. The van der Waals surface area contributed by atoms with E-state index in [4.69, 9.17) is 18.9 Å². The maximum absolute atomic E-state index is 12.6. The van der Waals surface area contributed by atoms with Gasteiger partial charge in [-0.15, -0.1) is 0 Å². The molecule has 1 heterocycles. The van der Waals surface area contributed by atoms with Gasteiger partial charge in [0.2, 0.25) is 27.7 Å². The van der Waals surface area contributed by atoms with E-state index in [9.17, 15) is 18.0 Å². The average Bonchev–Trinajstić information content (AvgIpc) is 2.77. The lowest BCUT2D eigenvalue weighted by Crippen LogP contribution is -2.36. The van der Waals surface area contributed by atoms with Crippen molar-refractivity contribution >= 4 is 28.0 Å². The summed E-state index contributed by atoms with van der Waals surface area (Å²) in [5, 5.41) is 2.23. The predicted octanol–water partition coefficient (Wildman–Crippen LogP) is 1.27. The van der Waals surface area contributed by atoms with Gasteiger partial charge in [-0.2, -0.15) is 9.97 Å². The number of carbonyl (C=O) groups is 2. The zero-order valence-corrected chi connectivity index (χ0v) is 19.5. The van der Waals surface area contributed by atoms with E-state index in [0.29, 0.717) is 11.1 Å². The maximum atomic E-state index is 12.6. The second-order valence-corrected chi connectivity index (χ2v) is 8.26. The Morgan fingerprint density at radius 2 is 1.64 bits per heavy atom. The summed E-state index contributed by atoms with van der Waals surface area (Å²) in [6.45, 7) is 1.87. The number of methoxy groups -OCH3 is 3. The highest BCUT2D eigenvalue weighted by Gasteiger charge is 2.23. The van der Waals surface area contributed by atoms with Crippen LogP contribution in [0.4, 0.5) is 10.7 Å². The molecule has 180 valence electrons. The number of aromatic nitrogens is 2. The number of nitrogens with zero attached hydrogens (tertiary/aromatic N) is 2. The molecule has 0 aliphatic rings. The largest absolute Gasteiger partial charge is 0.481 e. The highest BCUT2D eigenvalue weighted by atomic mass is 32.2. The van der Waals surface area contributed by atoms with E-state index in [1.54, 1.807) is 31.2 Å². The summed E-state index contributed by atoms with van der Waals surface area (Å²) in [7, 11) is -0.0250. The molecule has 0 saturated heterocycles. The van der Waals surface area contributed by atoms with E-state index < -0.39 is 33.9 Å². The quantitative estimate of drug-likeness (QED) is 0.447. The minimum Gasteiger partial charge on any atom is -0.481 e. The second kappa shape index (κ2) is 12.0. The van der Waals surface area contributed by atoms with E-state index in [0.717, 1.165) is 0 Å². The first-order valence-corrected chi connectivity index (χ1v) is 11.4. The molecule has 0 radical (unpaired) electrons. The van der Waals surface area contributed by atoms with Gasteiger partial charge < -0.3 is 18.9 Å². The van der Waals surface area contributed by atoms with Crippen molar-refractivity contribution < 1.29 is 37.0 Å². The molecule has 1 atom stereocenters. The summed E-state index contributed by atoms with van der Waals surface area (Å²) in [4.78, 5) is 32.1. The molecule has 1 unspecified atom stereocenters. The van der Waals surface area contributed by atoms with Crippen LogP contribution < -0.4 is 19.5 Å². The van der Waals surface area contributed by atoms with Gasteiger partial charge in [0, 0.05) is 13.5 Å². The molecule has 1 aromatic heterocycles. The van der Waals surface area contributed by atoms with E-state index in [1.165, 1.54) is 27.4 Å². The minimum atomic E-state index is -4.12. The maximum Gasteiger partial charge on any atom is 0.335 e. The van der Waals surface area contributed by atoms with Crippen molar-refractivity contribution in [2.75, 3.05) is 33.3 Å². The zero-order chi connectivity index (χ0) is 24.4. The van der Waals surface area contributed by atoms with Crippen molar-refractivity contribution in [1.29, 1.82) is 0 Å². The molecule has 0 spiro atoms. The van der Waals surface area contributed by atoms with Crippen molar-refractivity contribution in [1.82, 2.24) is 14.7 Å². The molecule has 0 aliphatic carbocycles. The van der Waals surface area contributed by atoms with Gasteiger partial charge in [-0.05, 0) is 18.1 Å². The molecule has 0 fully saturated rings. The molecular formula is C20H26N4O8S. The Morgan fingerprint density at radius 1 is 1.03 bits per heavy atom. The van der Waals surface area contributed by atoms with Crippen molar-refractivity contribution in [3.8, 4) is 11.8 Å². The Hall–Kier alpha value is -3.45. The number of sulfonamides is 1. The Kier molecular flexibility index (Phi) is 9.36. The number of carbonyl (C=O) groups excluding carboxylic acids is 2. The summed E-state index contributed by atoms with van der Waals surface area (Å²) < 4.78 is 47.2. The van der Waals surface area contributed by atoms with Crippen LogP contribution in [0, 0.1) is 0 Å². The van der Waals surface area contributed by atoms with Crippen LogP contribution in [0.25, 0.3) is 0 Å². The van der Waals surface area contributed by atoms with Crippen LogP contribution in [0.1, 0.15) is 18.1 Å².